The molecule has 0 N–H and O–H groups in total. The molecule has 0 aromatic rings. The van der Waals surface area contributed by atoms with Gasteiger partial charge in [0.25, 0.3) is 0 Å². The second-order valence-electron chi connectivity index (χ2n) is 16.3. The maximum Gasteiger partial charge on any atom is 0.306 e. The molecule has 340 valence electrons. The molecule has 6 nitrogen and oxygen atoms in total. The van der Waals surface area contributed by atoms with Gasteiger partial charge in [-0.15, -0.1) is 0 Å². The predicted molar refractivity (Wildman–Crippen MR) is 251 cm³/mol. The Hall–Kier alpha value is -2.89. The van der Waals surface area contributed by atoms with E-state index in [1.165, 1.54) is 89.9 Å². The van der Waals surface area contributed by atoms with Crippen LogP contribution in [0.1, 0.15) is 239 Å². The standard InChI is InChI=1S/C53H92O6/c1-4-7-10-13-15-17-19-21-23-24-25-26-27-28-30-31-33-35-37-40-43-46-52(55)58-49-50(48-57-51(54)45-42-39-12-9-6-3)59-53(56)47-44-41-38-36-34-32-29-22-20-18-16-14-11-8-5-2/h8,11,16,18-19,21-22,24-25,29,50H,4-7,9-10,12-15,17,20,23,26-28,30-49H2,1-3H3/b11-8-,18-16-,21-19-,25-24-,29-22-. The summed E-state index contributed by atoms with van der Waals surface area (Å²) in [6, 6.07) is 0. The van der Waals surface area contributed by atoms with Crippen LogP contribution in [0.3, 0.4) is 0 Å². The van der Waals surface area contributed by atoms with E-state index in [2.05, 4.69) is 81.5 Å². The molecule has 0 aromatic heterocycles. The van der Waals surface area contributed by atoms with Crippen LogP contribution in [-0.2, 0) is 28.6 Å². The topological polar surface area (TPSA) is 78.9 Å². The van der Waals surface area contributed by atoms with Crippen molar-refractivity contribution in [2.24, 2.45) is 0 Å². The van der Waals surface area contributed by atoms with Crippen molar-refractivity contribution in [3.63, 3.8) is 0 Å². The largest absolute Gasteiger partial charge is 0.462 e. The molecule has 1 unspecified atom stereocenters. The van der Waals surface area contributed by atoms with E-state index in [9.17, 15) is 14.4 Å². The Morgan fingerprint density at radius 3 is 1.03 bits per heavy atom. The molecular formula is C53H92O6. The number of hydrogen-bond donors (Lipinski definition) is 0. The summed E-state index contributed by atoms with van der Waals surface area (Å²) in [4.78, 5) is 37.6. The summed E-state index contributed by atoms with van der Waals surface area (Å²) in [5, 5.41) is 0. The molecule has 0 saturated carbocycles. The van der Waals surface area contributed by atoms with E-state index < -0.39 is 6.10 Å². The van der Waals surface area contributed by atoms with Gasteiger partial charge in [-0.05, 0) is 83.5 Å². The summed E-state index contributed by atoms with van der Waals surface area (Å²) in [7, 11) is 0. The van der Waals surface area contributed by atoms with Crippen LogP contribution in [0.25, 0.3) is 0 Å². The molecule has 6 heteroatoms. The minimum Gasteiger partial charge on any atom is -0.462 e. The van der Waals surface area contributed by atoms with Gasteiger partial charge in [-0.2, -0.15) is 0 Å². The maximum atomic E-state index is 12.7. The second-order valence-corrected chi connectivity index (χ2v) is 16.3. The molecule has 0 aliphatic rings. The van der Waals surface area contributed by atoms with Crippen molar-refractivity contribution in [3.8, 4) is 0 Å². The Morgan fingerprint density at radius 2 is 0.661 bits per heavy atom. The molecule has 0 heterocycles. The molecule has 0 bridgehead atoms. The van der Waals surface area contributed by atoms with Crippen LogP contribution in [0.2, 0.25) is 0 Å². The summed E-state index contributed by atoms with van der Waals surface area (Å²) < 4.78 is 16.6. The van der Waals surface area contributed by atoms with Gasteiger partial charge in [0.15, 0.2) is 6.10 Å². The number of allylic oxidation sites excluding steroid dienone is 10. The number of hydrogen-bond acceptors (Lipinski definition) is 6. The normalized spacial score (nSPS) is 12.5. The predicted octanol–water partition coefficient (Wildman–Crippen LogP) is 16.1. The van der Waals surface area contributed by atoms with Crippen molar-refractivity contribution < 1.29 is 28.6 Å². The zero-order valence-electron chi connectivity index (χ0n) is 38.8. The van der Waals surface area contributed by atoms with E-state index in [0.717, 1.165) is 109 Å². The lowest BCUT2D eigenvalue weighted by Gasteiger charge is -2.18. The molecule has 0 fully saturated rings. The third-order valence-corrected chi connectivity index (χ3v) is 10.5. The van der Waals surface area contributed by atoms with Gasteiger partial charge in [0.05, 0.1) is 0 Å². The Morgan fingerprint density at radius 1 is 0.356 bits per heavy atom. The summed E-state index contributed by atoms with van der Waals surface area (Å²) in [6.07, 6.45) is 58.1. The fraction of sp³-hybridized carbons (Fsp3) is 0.755. The summed E-state index contributed by atoms with van der Waals surface area (Å²) in [6.45, 7) is 6.41. The summed E-state index contributed by atoms with van der Waals surface area (Å²) in [5.41, 5.74) is 0. The van der Waals surface area contributed by atoms with Crippen LogP contribution >= 0.6 is 0 Å². The van der Waals surface area contributed by atoms with E-state index >= 15 is 0 Å². The highest BCUT2D eigenvalue weighted by atomic mass is 16.6. The Balaban J connectivity index is 4.18. The first kappa shape index (κ1) is 56.1. The zero-order valence-corrected chi connectivity index (χ0v) is 38.8. The molecule has 1 atom stereocenters. The van der Waals surface area contributed by atoms with Gasteiger partial charge in [0.1, 0.15) is 13.2 Å². The van der Waals surface area contributed by atoms with Gasteiger partial charge < -0.3 is 14.2 Å². The lowest BCUT2D eigenvalue weighted by atomic mass is 10.1. The van der Waals surface area contributed by atoms with Crippen LogP contribution in [0, 0.1) is 0 Å². The quantitative estimate of drug-likeness (QED) is 0.0263. The van der Waals surface area contributed by atoms with Crippen LogP contribution in [0.5, 0.6) is 0 Å². The highest BCUT2D eigenvalue weighted by Gasteiger charge is 2.19. The molecule has 0 amide bonds. The third-order valence-electron chi connectivity index (χ3n) is 10.5. The third kappa shape index (κ3) is 46.0. The van der Waals surface area contributed by atoms with Crippen molar-refractivity contribution in [1.29, 1.82) is 0 Å². The molecule has 0 saturated heterocycles. The zero-order chi connectivity index (χ0) is 43.0. The smallest absolute Gasteiger partial charge is 0.306 e. The average molecular weight is 825 g/mol. The first-order valence-corrected chi connectivity index (χ1v) is 24.8. The number of ether oxygens (including phenoxy) is 3. The minimum absolute atomic E-state index is 0.0836. The monoisotopic (exact) mass is 825 g/mol. The molecular weight excluding hydrogens is 733 g/mol. The van der Waals surface area contributed by atoms with Gasteiger partial charge >= 0.3 is 17.9 Å². The summed E-state index contributed by atoms with van der Waals surface area (Å²) >= 11 is 0. The molecule has 0 aromatic carbocycles. The number of rotatable bonds is 44. The number of esters is 3. The van der Waals surface area contributed by atoms with Gasteiger partial charge in [-0.3, -0.25) is 14.4 Å². The highest BCUT2D eigenvalue weighted by Crippen LogP contribution is 2.14. The Labute approximate surface area is 364 Å². The maximum absolute atomic E-state index is 12.7. The van der Waals surface area contributed by atoms with Crippen molar-refractivity contribution in [1.82, 2.24) is 0 Å². The highest BCUT2D eigenvalue weighted by molar-refractivity contribution is 5.71. The van der Waals surface area contributed by atoms with Crippen molar-refractivity contribution in [2.45, 2.75) is 245 Å². The Kier molecular flexibility index (Phi) is 45.4. The molecule has 0 aliphatic heterocycles. The lowest BCUT2D eigenvalue weighted by molar-refractivity contribution is -0.167. The number of carbonyl (C=O) groups excluding carboxylic acids is 3. The lowest BCUT2D eigenvalue weighted by Crippen LogP contribution is -2.30. The van der Waals surface area contributed by atoms with Crippen LogP contribution in [0.4, 0.5) is 0 Å². The average Bonchev–Trinajstić information content (AvgIpc) is 3.23. The van der Waals surface area contributed by atoms with Crippen LogP contribution in [-0.4, -0.2) is 37.2 Å². The van der Waals surface area contributed by atoms with Crippen LogP contribution < -0.4 is 0 Å². The second kappa shape index (κ2) is 47.8. The summed E-state index contributed by atoms with van der Waals surface area (Å²) in [5.74, 6) is -0.918. The van der Waals surface area contributed by atoms with Crippen molar-refractivity contribution >= 4 is 17.9 Å². The van der Waals surface area contributed by atoms with E-state index in [1.807, 2.05) is 0 Å². The first-order valence-electron chi connectivity index (χ1n) is 24.8. The number of carbonyl (C=O) groups is 3. The fourth-order valence-corrected chi connectivity index (χ4v) is 6.78. The van der Waals surface area contributed by atoms with Crippen molar-refractivity contribution in [3.05, 3.63) is 60.8 Å². The van der Waals surface area contributed by atoms with E-state index in [1.54, 1.807) is 0 Å². The molecule has 0 spiro atoms. The van der Waals surface area contributed by atoms with Gasteiger partial charge in [-0.1, -0.05) is 197 Å². The van der Waals surface area contributed by atoms with Gasteiger partial charge in [0, 0.05) is 19.3 Å². The van der Waals surface area contributed by atoms with Crippen LogP contribution in [0.15, 0.2) is 60.8 Å². The minimum atomic E-state index is -0.780. The number of unbranched alkanes of at least 4 members (excludes halogenated alkanes) is 23. The fourth-order valence-electron chi connectivity index (χ4n) is 6.78. The van der Waals surface area contributed by atoms with Gasteiger partial charge in [0.2, 0.25) is 0 Å². The SMILES string of the molecule is CC/C=C\C/C=C\C/C=C\CCCCCCCC(=O)OC(COC(=O)CCCCCCC)COC(=O)CCCCCCCCCCC/C=C\C/C=C\CCCCCCC. The molecule has 0 aliphatic carbocycles. The van der Waals surface area contributed by atoms with E-state index in [-0.39, 0.29) is 31.1 Å². The van der Waals surface area contributed by atoms with E-state index in [0.29, 0.717) is 19.3 Å². The first-order chi connectivity index (χ1) is 29.0. The van der Waals surface area contributed by atoms with E-state index in [4.69, 9.17) is 14.2 Å². The van der Waals surface area contributed by atoms with Gasteiger partial charge in [-0.25, -0.2) is 0 Å². The molecule has 0 rings (SSSR count). The Bertz CT molecular complexity index is 1090. The van der Waals surface area contributed by atoms with Crippen molar-refractivity contribution in [2.75, 3.05) is 13.2 Å². The molecule has 59 heavy (non-hydrogen) atoms. The molecule has 0 radical (unpaired) electrons.